The zero-order valence-corrected chi connectivity index (χ0v) is 8.29. The molecule has 0 aromatic heterocycles. The Morgan fingerprint density at radius 1 is 1.33 bits per heavy atom. The average molecular weight is 172 g/mol. The first-order chi connectivity index (χ1) is 5.65. The van der Waals surface area contributed by atoms with Gasteiger partial charge in [0.1, 0.15) is 0 Å². The van der Waals surface area contributed by atoms with Gasteiger partial charge in [0.2, 0.25) is 0 Å². The van der Waals surface area contributed by atoms with Crippen molar-refractivity contribution in [2.75, 3.05) is 0 Å². The number of hydrogen-bond donors (Lipinski definition) is 1. The summed E-state index contributed by atoms with van der Waals surface area (Å²) in [7, 11) is 0. The second kappa shape index (κ2) is 4.24. The van der Waals surface area contributed by atoms with E-state index in [4.69, 9.17) is 5.26 Å². The van der Waals surface area contributed by atoms with E-state index in [1.165, 1.54) is 12.8 Å². The van der Waals surface area contributed by atoms with Crippen LogP contribution in [0, 0.1) is 17.8 Å². The minimum atomic E-state index is 0.0833. The third-order valence-electron chi connectivity index (χ3n) is 3.21. The van der Waals surface area contributed by atoms with Gasteiger partial charge in [-0.05, 0) is 37.0 Å². The van der Waals surface area contributed by atoms with Crippen LogP contribution < -0.4 is 0 Å². The van der Waals surface area contributed by atoms with E-state index in [1.54, 1.807) is 0 Å². The first-order valence-electron chi connectivity index (χ1n) is 4.95. The van der Waals surface area contributed by atoms with E-state index in [0.717, 1.165) is 18.3 Å². The highest BCUT2D eigenvalue weighted by Crippen LogP contribution is 2.34. The molecule has 72 valence electrons. The first-order valence-corrected chi connectivity index (χ1v) is 4.95. The summed E-state index contributed by atoms with van der Waals surface area (Å²) in [6, 6.07) is 0. The van der Waals surface area contributed by atoms with E-state index in [9.17, 15) is 0 Å². The Morgan fingerprint density at radius 3 is 2.42 bits per heavy atom. The summed E-state index contributed by atoms with van der Waals surface area (Å²) in [5, 5.41) is 8.59. The van der Waals surface area contributed by atoms with Gasteiger partial charge in [0, 0.05) is 0 Å². The molecular weight excluding hydrogens is 152 g/mol. The van der Waals surface area contributed by atoms with E-state index in [1.807, 2.05) is 0 Å². The molecule has 0 heterocycles. The molecule has 12 heavy (non-hydrogen) atoms. The lowest BCUT2D eigenvalue weighted by Gasteiger charge is -2.34. The molecular formula is C10H20O2. The van der Waals surface area contributed by atoms with Gasteiger partial charge in [0.25, 0.3) is 0 Å². The summed E-state index contributed by atoms with van der Waals surface area (Å²) in [6.45, 7) is 6.71. The molecule has 1 rings (SSSR count). The zero-order valence-electron chi connectivity index (χ0n) is 8.29. The third-order valence-corrected chi connectivity index (χ3v) is 3.21. The predicted molar refractivity (Wildman–Crippen MR) is 48.8 cm³/mol. The van der Waals surface area contributed by atoms with Crippen molar-refractivity contribution in [2.24, 2.45) is 17.8 Å². The van der Waals surface area contributed by atoms with Crippen molar-refractivity contribution < 1.29 is 10.1 Å². The molecule has 2 heteroatoms. The molecule has 1 aliphatic carbocycles. The number of rotatable bonds is 2. The van der Waals surface area contributed by atoms with E-state index < -0.39 is 0 Å². The van der Waals surface area contributed by atoms with Gasteiger partial charge in [0.15, 0.2) is 0 Å². The lowest BCUT2D eigenvalue weighted by molar-refractivity contribution is -0.296. The standard InChI is InChI=1S/C10H20O2/c1-7(2)9-4-5-10(12-11)8(3)6-9/h7-11H,4-6H2,1-3H3. The van der Waals surface area contributed by atoms with Gasteiger partial charge in [-0.25, -0.2) is 4.89 Å². The van der Waals surface area contributed by atoms with Crippen LogP contribution in [-0.2, 0) is 4.89 Å². The van der Waals surface area contributed by atoms with E-state index in [0.29, 0.717) is 5.92 Å². The van der Waals surface area contributed by atoms with Gasteiger partial charge in [-0.2, -0.15) is 0 Å². The maximum Gasteiger partial charge on any atom is 0.0953 e. The van der Waals surface area contributed by atoms with Gasteiger partial charge in [-0.3, -0.25) is 5.26 Å². The van der Waals surface area contributed by atoms with Crippen molar-refractivity contribution in [1.82, 2.24) is 0 Å². The topological polar surface area (TPSA) is 29.5 Å². The molecule has 0 aromatic carbocycles. The molecule has 0 spiro atoms. The molecule has 0 amide bonds. The fraction of sp³-hybridized carbons (Fsp3) is 1.00. The summed E-state index contributed by atoms with van der Waals surface area (Å²) < 4.78 is 0. The average Bonchev–Trinajstić information content (AvgIpc) is 2.04. The molecule has 1 aliphatic rings. The van der Waals surface area contributed by atoms with Crippen LogP contribution in [0.3, 0.4) is 0 Å². The highest BCUT2D eigenvalue weighted by Gasteiger charge is 2.29. The molecule has 0 bridgehead atoms. The third kappa shape index (κ3) is 2.20. The molecule has 1 N–H and O–H groups in total. The monoisotopic (exact) mass is 172 g/mol. The van der Waals surface area contributed by atoms with Crippen LogP contribution in [0.5, 0.6) is 0 Å². The summed E-state index contributed by atoms with van der Waals surface area (Å²) in [4.78, 5) is 4.43. The lowest BCUT2D eigenvalue weighted by atomic mass is 9.75. The Hall–Kier alpha value is -0.0800. The van der Waals surface area contributed by atoms with Gasteiger partial charge < -0.3 is 0 Å². The summed E-state index contributed by atoms with van der Waals surface area (Å²) in [5.41, 5.74) is 0. The summed E-state index contributed by atoms with van der Waals surface area (Å²) >= 11 is 0. The Bertz CT molecular complexity index is 134. The zero-order chi connectivity index (χ0) is 9.14. The predicted octanol–water partition coefficient (Wildman–Crippen LogP) is 2.94. The minimum absolute atomic E-state index is 0.0833. The fourth-order valence-electron chi connectivity index (χ4n) is 2.17. The normalized spacial score (nSPS) is 37.2. The second-order valence-electron chi connectivity index (χ2n) is 4.44. The number of hydrogen-bond acceptors (Lipinski definition) is 2. The molecule has 0 aromatic rings. The van der Waals surface area contributed by atoms with Crippen LogP contribution in [-0.4, -0.2) is 11.4 Å². The highest BCUT2D eigenvalue weighted by molar-refractivity contribution is 4.78. The molecule has 0 saturated heterocycles. The van der Waals surface area contributed by atoms with Gasteiger partial charge in [-0.1, -0.05) is 20.8 Å². The second-order valence-corrected chi connectivity index (χ2v) is 4.44. The van der Waals surface area contributed by atoms with Gasteiger partial charge in [-0.15, -0.1) is 0 Å². The molecule has 1 fully saturated rings. The smallest absolute Gasteiger partial charge is 0.0953 e. The van der Waals surface area contributed by atoms with Crippen molar-refractivity contribution >= 4 is 0 Å². The van der Waals surface area contributed by atoms with Crippen LogP contribution in [0.25, 0.3) is 0 Å². The van der Waals surface area contributed by atoms with Crippen molar-refractivity contribution in [3.8, 4) is 0 Å². The van der Waals surface area contributed by atoms with Gasteiger partial charge in [0.05, 0.1) is 6.10 Å². The molecule has 2 nitrogen and oxygen atoms in total. The van der Waals surface area contributed by atoms with Crippen LogP contribution in [0.4, 0.5) is 0 Å². The fourth-order valence-corrected chi connectivity index (χ4v) is 2.17. The van der Waals surface area contributed by atoms with Crippen molar-refractivity contribution in [3.05, 3.63) is 0 Å². The summed E-state index contributed by atoms with van der Waals surface area (Å²) in [5.74, 6) is 2.11. The van der Waals surface area contributed by atoms with E-state index >= 15 is 0 Å². The van der Waals surface area contributed by atoms with Crippen molar-refractivity contribution in [1.29, 1.82) is 0 Å². The van der Waals surface area contributed by atoms with Crippen molar-refractivity contribution in [3.63, 3.8) is 0 Å². The van der Waals surface area contributed by atoms with Crippen LogP contribution in [0.15, 0.2) is 0 Å². The molecule has 0 radical (unpaired) electrons. The maximum absolute atomic E-state index is 8.59. The van der Waals surface area contributed by atoms with Crippen LogP contribution in [0.1, 0.15) is 40.0 Å². The molecule has 3 atom stereocenters. The lowest BCUT2D eigenvalue weighted by Crippen LogP contribution is -2.30. The maximum atomic E-state index is 8.59. The SMILES string of the molecule is CC(C)C1CCC(OO)C(C)C1. The first kappa shape index (κ1) is 10.0. The minimum Gasteiger partial charge on any atom is -0.252 e. The molecule has 3 unspecified atom stereocenters. The van der Waals surface area contributed by atoms with Crippen LogP contribution >= 0.6 is 0 Å². The molecule has 1 saturated carbocycles. The Morgan fingerprint density at radius 2 is 2.00 bits per heavy atom. The summed E-state index contributed by atoms with van der Waals surface area (Å²) in [6.07, 6.45) is 3.50. The highest BCUT2D eigenvalue weighted by atomic mass is 17.1. The Kier molecular flexibility index (Phi) is 3.53. The van der Waals surface area contributed by atoms with Crippen LogP contribution in [0.2, 0.25) is 0 Å². The van der Waals surface area contributed by atoms with E-state index in [-0.39, 0.29) is 6.10 Å². The Labute approximate surface area is 74.9 Å². The Balaban J connectivity index is 2.40. The van der Waals surface area contributed by atoms with Crippen molar-refractivity contribution in [2.45, 2.75) is 46.1 Å². The largest absolute Gasteiger partial charge is 0.252 e. The molecule has 0 aliphatic heterocycles. The quantitative estimate of drug-likeness (QED) is 0.512. The van der Waals surface area contributed by atoms with E-state index in [2.05, 4.69) is 25.7 Å². The van der Waals surface area contributed by atoms with Gasteiger partial charge >= 0.3 is 0 Å².